The number of benzene rings is 1. The van der Waals surface area contributed by atoms with Crippen LogP contribution in [0.4, 0.5) is 9.18 Å². The van der Waals surface area contributed by atoms with Crippen LogP contribution in [-0.4, -0.2) is 54.3 Å². The number of carbonyl (C=O) groups is 5. The summed E-state index contributed by atoms with van der Waals surface area (Å²) >= 11 is 0. The van der Waals surface area contributed by atoms with E-state index in [1.54, 1.807) is 20.8 Å². The Labute approximate surface area is 203 Å². The highest BCUT2D eigenvalue weighted by Crippen LogP contribution is 2.07. The van der Waals surface area contributed by atoms with Gasteiger partial charge in [0.05, 0.1) is 0 Å². The molecule has 0 saturated heterocycles. The molecule has 0 heterocycles. The zero-order chi connectivity index (χ0) is 26.5. The number of hydrogen-bond acceptors (Lipinski definition) is 5. The van der Waals surface area contributed by atoms with E-state index in [9.17, 15) is 28.4 Å². The van der Waals surface area contributed by atoms with Crippen LogP contribution < -0.4 is 32.7 Å². The Bertz CT molecular complexity index is 893. The number of urea groups is 1. The average Bonchev–Trinajstić information content (AvgIpc) is 2.77. The van der Waals surface area contributed by atoms with Gasteiger partial charge in [-0.15, -0.1) is 0 Å². The number of hydrogen-bond donors (Lipinski definition) is 6. The normalized spacial score (nSPS) is 13.3. The molecule has 35 heavy (non-hydrogen) atoms. The van der Waals surface area contributed by atoms with E-state index < -0.39 is 41.7 Å². The summed E-state index contributed by atoms with van der Waals surface area (Å²) in [5.41, 5.74) is 10.7. The first-order chi connectivity index (χ1) is 16.4. The molecular formula is C23H35FN6O5. The second-order valence-corrected chi connectivity index (χ2v) is 8.61. The van der Waals surface area contributed by atoms with Crippen LogP contribution in [0, 0.1) is 11.7 Å². The number of nitrogens with one attached hydrogen (secondary N) is 4. The van der Waals surface area contributed by atoms with Gasteiger partial charge in [0.25, 0.3) is 5.91 Å². The highest BCUT2D eigenvalue weighted by molar-refractivity contribution is 5.94. The number of amides is 6. The maximum Gasteiger partial charge on any atom is 0.312 e. The molecule has 1 unspecified atom stereocenters. The van der Waals surface area contributed by atoms with Crippen molar-refractivity contribution in [1.29, 1.82) is 0 Å². The number of primary amides is 2. The molecule has 0 spiro atoms. The van der Waals surface area contributed by atoms with Crippen molar-refractivity contribution in [3.63, 3.8) is 0 Å². The molecule has 0 saturated carbocycles. The summed E-state index contributed by atoms with van der Waals surface area (Å²) in [7, 11) is 0. The van der Waals surface area contributed by atoms with Crippen LogP contribution in [0.2, 0.25) is 0 Å². The fourth-order valence-corrected chi connectivity index (χ4v) is 3.17. The van der Waals surface area contributed by atoms with Crippen LogP contribution in [0.3, 0.4) is 0 Å². The molecule has 0 aliphatic heterocycles. The zero-order valence-corrected chi connectivity index (χ0v) is 20.2. The molecule has 0 aromatic heterocycles. The Morgan fingerprint density at radius 3 is 2.09 bits per heavy atom. The summed E-state index contributed by atoms with van der Waals surface area (Å²) in [5, 5.41) is 10.3. The lowest BCUT2D eigenvalue weighted by atomic mass is 10.0. The predicted molar refractivity (Wildman–Crippen MR) is 127 cm³/mol. The minimum atomic E-state index is -0.975. The summed E-state index contributed by atoms with van der Waals surface area (Å²) in [5.74, 6) is -2.81. The number of halogens is 1. The molecule has 0 aliphatic carbocycles. The Balaban J connectivity index is 2.56. The summed E-state index contributed by atoms with van der Waals surface area (Å²) in [6, 6.07) is 2.17. The monoisotopic (exact) mass is 494 g/mol. The van der Waals surface area contributed by atoms with Gasteiger partial charge in [0.1, 0.15) is 17.9 Å². The summed E-state index contributed by atoms with van der Waals surface area (Å²) in [6.07, 6.45) is 0.893. The first kappa shape index (κ1) is 29.3. The lowest BCUT2D eigenvalue weighted by Crippen LogP contribution is -2.54. The van der Waals surface area contributed by atoms with E-state index in [4.69, 9.17) is 11.5 Å². The van der Waals surface area contributed by atoms with Gasteiger partial charge in [0.15, 0.2) is 0 Å². The van der Waals surface area contributed by atoms with Crippen molar-refractivity contribution in [1.82, 2.24) is 21.3 Å². The smallest absolute Gasteiger partial charge is 0.312 e. The standard InChI is InChI=1S/C23H35FN6O5/c1-13(2)19(22(34)29-17(20(25)32)5-4-12-27-23(26)35)30-18(31)11-6-14(3)28-21(33)15-7-9-16(24)10-8-15/h7-10,13-14,17,19H,4-6,11-12H2,1-3H3,(H2,25,32)(H,28,33)(H,29,34)(H,30,31)(H3,26,27,35)/t14-,17+,19?/m1/s1. The maximum atomic E-state index is 13.0. The molecule has 11 nitrogen and oxygen atoms in total. The van der Waals surface area contributed by atoms with E-state index in [1.807, 2.05) is 0 Å². The molecule has 12 heteroatoms. The Hall–Kier alpha value is -3.70. The summed E-state index contributed by atoms with van der Waals surface area (Å²) in [4.78, 5) is 59.8. The van der Waals surface area contributed by atoms with E-state index in [0.29, 0.717) is 18.4 Å². The Kier molecular flexibility index (Phi) is 12.2. The molecule has 1 aromatic rings. The van der Waals surface area contributed by atoms with Gasteiger partial charge in [-0.2, -0.15) is 0 Å². The highest BCUT2D eigenvalue weighted by atomic mass is 19.1. The van der Waals surface area contributed by atoms with Gasteiger partial charge in [-0.3, -0.25) is 19.2 Å². The second kappa shape index (κ2) is 14.5. The minimum Gasteiger partial charge on any atom is -0.368 e. The molecule has 3 atom stereocenters. The van der Waals surface area contributed by atoms with Gasteiger partial charge in [-0.25, -0.2) is 9.18 Å². The van der Waals surface area contributed by atoms with Gasteiger partial charge < -0.3 is 32.7 Å². The van der Waals surface area contributed by atoms with E-state index in [0.717, 1.165) is 0 Å². The van der Waals surface area contributed by atoms with Crippen LogP contribution in [0.5, 0.6) is 0 Å². The average molecular weight is 495 g/mol. The van der Waals surface area contributed by atoms with Crippen molar-refractivity contribution >= 4 is 29.7 Å². The van der Waals surface area contributed by atoms with Crippen LogP contribution in [0.25, 0.3) is 0 Å². The third-order valence-corrected chi connectivity index (χ3v) is 5.18. The molecule has 0 aliphatic rings. The van der Waals surface area contributed by atoms with E-state index >= 15 is 0 Å². The van der Waals surface area contributed by atoms with Crippen LogP contribution >= 0.6 is 0 Å². The molecule has 8 N–H and O–H groups in total. The molecule has 6 amide bonds. The zero-order valence-electron chi connectivity index (χ0n) is 20.2. The Morgan fingerprint density at radius 1 is 0.914 bits per heavy atom. The highest BCUT2D eigenvalue weighted by Gasteiger charge is 2.28. The molecule has 194 valence electrons. The van der Waals surface area contributed by atoms with Crippen LogP contribution in [0.15, 0.2) is 24.3 Å². The molecule has 1 aromatic carbocycles. The molecule has 0 fully saturated rings. The molecule has 0 radical (unpaired) electrons. The number of rotatable bonds is 14. The van der Waals surface area contributed by atoms with Crippen LogP contribution in [-0.2, 0) is 14.4 Å². The molecular weight excluding hydrogens is 459 g/mol. The van der Waals surface area contributed by atoms with Crippen molar-refractivity contribution in [2.45, 2.75) is 64.6 Å². The first-order valence-corrected chi connectivity index (χ1v) is 11.4. The fraction of sp³-hybridized carbons (Fsp3) is 0.522. The third-order valence-electron chi connectivity index (χ3n) is 5.18. The van der Waals surface area contributed by atoms with Gasteiger partial charge in [-0.1, -0.05) is 13.8 Å². The third kappa shape index (κ3) is 11.3. The first-order valence-electron chi connectivity index (χ1n) is 11.4. The number of carbonyl (C=O) groups excluding carboxylic acids is 5. The van der Waals surface area contributed by atoms with Crippen LogP contribution in [0.1, 0.15) is 56.8 Å². The van der Waals surface area contributed by atoms with Gasteiger partial charge >= 0.3 is 6.03 Å². The van der Waals surface area contributed by atoms with Crippen molar-refractivity contribution in [2.24, 2.45) is 17.4 Å². The Morgan fingerprint density at radius 2 is 1.54 bits per heavy atom. The maximum absolute atomic E-state index is 13.0. The summed E-state index contributed by atoms with van der Waals surface area (Å²) < 4.78 is 13.0. The lowest BCUT2D eigenvalue weighted by Gasteiger charge is -2.25. The predicted octanol–water partition coefficient (Wildman–Crippen LogP) is 0.284. The van der Waals surface area contributed by atoms with E-state index in [-0.39, 0.29) is 37.3 Å². The van der Waals surface area contributed by atoms with E-state index in [2.05, 4.69) is 21.3 Å². The molecule has 1 rings (SSSR count). The van der Waals surface area contributed by atoms with E-state index in [1.165, 1.54) is 24.3 Å². The van der Waals surface area contributed by atoms with Crippen molar-refractivity contribution in [3.8, 4) is 0 Å². The SMILES string of the molecule is CC(C)C(NC(=O)CC[C@@H](C)NC(=O)c1ccc(F)cc1)C(=O)N[C@@H](CCCNC(N)=O)C(N)=O. The number of nitrogens with two attached hydrogens (primary N) is 2. The van der Waals surface area contributed by atoms with Crippen molar-refractivity contribution in [3.05, 3.63) is 35.6 Å². The van der Waals surface area contributed by atoms with Gasteiger partial charge in [-0.05, 0) is 56.4 Å². The van der Waals surface area contributed by atoms with Gasteiger partial charge in [0.2, 0.25) is 17.7 Å². The van der Waals surface area contributed by atoms with Crippen molar-refractivity contribution in [2.75, 3.05) is 6.54 Å². The lowest BCUT2D eigenvalue weighted by molar-refractivity contribution is -0.132. The second-order valence-electron chi connectivity index (χ2n) is 8.61. The fourth-order valence-electron chi connectivity index (χ4n) is 3.17. The largest absolute Gasteiger partial charge is 0.368 e. The topological polar surface area (TPSA) is 186 Å². The summed E-state index contributed by atoms with van der Waals surface area (Å²) in [6.45, 7) is 5.43. The van der Waals surface area contributed by atoms with Gasteiger partial charge in [0, 0.05) is 24.6 Å². The minimum absolute atomic E-state index is 0.0411. The molecule has 0 bridgehead atoms. The van der Waals surface area contributed by atoms with Crippen molar-refractivity contribution < 1.29 is 28.4 Å². The quantitative estimate of drug-likeness (QED) is 0.203.